The van der Waals surface area contributed by atoms with Gasteiger partial charge in [0.2, 0.25) is 11.8 Å². The van der Waals surface area contributed by atoms with Gasteiger partial charge in [0.25, 0.3) is 5.91 Å². The first-order valence-electron chi connectivity index (χ1n) is 7.04. The molecular formula is C16H17BrN4O3. The Morgan fingerprint density at radius 1 is 1.25 bits per heavy atom. The van der Waals surface area contributed by atoms with Gasteiger partial charge < -0.3 is 14.6 Å². The number of amides is 2. The van der Waals surface area contributed by atoms with E-state index in [-0.39, 0.29) is 11.8 Å². The number of halogens is 1. The first-order chi connectivity index (χ1) is 11.4. The van der Waals surface area contributed by atoms with Crippen molar-refractivity contribution in [1.82, 2.24) is 5.43 Å². The van der Waals surface area contributed by atoms with Gasteiger partial charge in [-0.3, -0.25) is 9.59 Å². The normalized spacial score (nSPS) is 10.7. The molecule has 24 heavy (non-hydrogen) atoms. The molecule has 1 aromatic carbocycles. The summed E-state index contributed by atoms with van der Waals surface area (Å²) in [6, 6.07) is 8.25. The van der Waals surface area contributed by atoms with Gasteiger partial charge in [0, 0.05) is 38.3 Å². The minimum absolute atomic E-state index is 0.168. The van der Waals surface area contributed by atoms with E-state index in [9.17, 15) is 9.59 Å². The summed E-state index contributed by atoms with van der Waals surface area (Å²) < 4.78 is 6.35. The molecule has 0 aliphatic heterocycles. The Hall–Kier alpha value is -2.61. The van der Waals surface area contributed by atoms with E-state index in [4.69, 9.17) is 4.42 Å². The van der Waals surface area contributed by atoms with E-state index in [1.54, 1.807) is 30.3 Å². The van der Waals surface area contributed by atoms with E-state index >= 15 is 0 Å². The maximum atomic E-state index is 12.0. The smallest absolute Gasteiger partial charge is 0.271 e. The van der Waals surface area contributed by atoms with E-state index in [0.29, 0.717) is 22.9 Å². The van der Waals surface area contributed by atoms with Gasteiger partial charge >= 0.3 is 0 Å². The summed E-state index contributed by atoms with van der Waals surface area (Å²) in [5.41, 5.74) is 3.47. The number of hydrogen-bond acceptors (Lipinski definition) is 5. The van der Waals surface area contributed by atoms with Crippen molar-refractivity contribution in [3.05, 3.63) is 46.1 Å². The minimum Gasteiger partial charge on any atom is -0.438 e. The zero-order valence-electron chi connectivity index (χ0n) is 13.5. The van der Waals surface area contributed by atoms with Crippen molar-refractivity contribution in [1.29, 1.82) is 0 Å². The Bertz CT molecular complexity index is 766. The third-order valence-electron chi connectivity index (χ3n) is 2.92. The molecule has 0 unspecified atom stereocenters. The largest absolute Gasteiger partial charge is 0.438 e. The fraction of sp³-hybridized carbons (Fsp3) is 0.188. The average molecular weight is 393 g/mol. The summed E-state index contributed by atoms with van der Waals surface area (Å²) in [5, 5.41) is 6.51. The molecule has 2 aromatic rings. The third kappa shape index (κ3) is 4.69. The van der Waals surface area contributed by atoms with Crippen molar-refractivity contribution >= 4 is 45.5 Å². The van der Waals surface area contributed by atoms with Gasteiger partial charge in [-0.25, -0.2) is 5.43 Å². The molecule has 0 bridgehead atoms. The molecule has 2 N–H and O–H groups in total. The van der Waals surface area contributed by atoms with Crippen LogP contribution in [-0.4, -0.2) is 32.1 Å². The van der Waals surface area contributed by atoms with Crippen LogP contribution in [-0.2, 0) is 4.79 Å². The predicted octanol–water partition coefficient (Wildman–Crippen LogP) is 2.83. The van der Waals surface area contributed by atoms with Crippen LogP contribution in [0.5, 0.6) is 0 Å². The standard InChI is InChI=1S/C16H17BrN4O3/c1-10(22)19-12-6-4-11(5-7-12)15(23)20-18-9-13-8-14(17)16(24-13)21(2)3/h4-9H,1-3H3,(H,19,22)(H,20,23)/b18-9-. The highest BCUT2D eigenvalue weighted by molar-refractivity contribution is 9.10. The summed E-state index contributed by atoms with van der Waals surface area (Å²) in [6.07, 6.45) is 1.42. The molecule has 0 saturated carbocycles. The number of benzene rings is 1. The summed E-state index contributed by atoms with van der Waals surface area (Å²) in [6.45, 7) is 1.42. The maximum Gasteiger partial charge on any atom is 0.271 e. The van der Waals surface area contributed by atoms with Gasteiger partial charge in [-0.2, -0.15) is 5.10 Å². The van der Waals surface area contributed by atoms with E-state index in [1.807, 2.05) is 19.0 Å². The van der Waals surface area contributed by atoms with E-state index in [0.717, 1.165) is 4.47 Å². The molecular weight excluding hydrogens is 376 g/mol. The Labute approximate surface area is 147 Å². The van der Waals surface area contributed by atoms with Crippen LogP contribution in [0.25, 0.3) is 0 Å². The molecule has 7 nitrogen and oxygen atoms in total. The molecule has 0 atom stereocenters. The van der Waals surface area contributed by atoms with Crippen molar-refractivity contribution in [2.45, 2.75) is 6.92 Å². The summed E-state index contributed by atoms with van der Waals surface area (Å²) in [7, 11) is 3.72. The van der Waals surface area contributed by atoms with Gasteiger partial charge in [-0.05, 0) is 40.2 Å². The molecule has 2 rings (SSSR count). The van der Waals surface area contributed by atoms with Gasteiger partial charge in [-0.15, -0.1) is 0 Å². The number of nitrogens with one attached hydrogen (secondary N) is 2. The van der Waals surface area contributed by atoms with Crippen LogP contribution in [0.3, 0.4) is 0 Å². The van der Waals surface area contributed by atoms with Crippen LogP contribution < -0.4 is 15.6 Å². The fourth-order valence-electron chi connectivity index (χ4n) is 1.87. The topological polar surface area (TPSA) is 86.9 Å². The summed E-state index contributed by atoms with van der Waals surface area (Å²) in [5.74, 6) is 0.640. The molecule has 1 aromatic heterocycles. The van der Waals surface area contributed by atoms with E-state index < -0.39 is 0 Å². The van der Waals surface area contributed by atoms with Crippen LogP contribution in [0.1, 0.15) is 23.0 Å². The molecule has 0 saturated heterocycles. The van der Waals surface area contributed by atoms with Gasteiger partial charge in [-0.1, -0.05) is 0 Å². The second-order valence-corrected chi connectivity index (χ2v) is 6.01. The monoisotopic (exact) mass is 392 g/mol. The molecule has 8 heteroatoms. The van der Waals surface area contributed by atoms with Crippen molar-refractivity contribution in [2.24, 2.45) is 5.10 Å². The van der Waals surface area contributed by atoms with Gasteiger partial charge in [0.15, 0.2) is 5.76 Å². The quantitative estimate of drug-likeness (QED) is 0.604. The third-order valence-corrected chi connectivity index (χ3v) is 3.49. The number of carbonyl (C=O) groups is 2. The Morgan fingerprint density at radius 3 is 2.46 bits per heavy atom. The van der Waals surface area contributed by atoms with Crippen LogP contribution >= 0.6 is 15.9 Å². The lowest BCUT2D eigenvalue weighted by molar-refractivity contribution is -0.114. The van der Waals surface area contributed by atoms with Crippen molar-refractivity contribution in [3.63, 3.8) is 0 Å². The predicted molar refractivity (Wildman–Crippen MR) is 96.5 cm³/mol. The highest BCUT2D eigenvalue weighted by Gasteiger charge is 2.09. The van der Waals surface area contributed by atoms with Gasteiger partial charge in [0.05, 0.1) is 10.7 Å². The lowest BCUT2D eigenvalue weighted by Crippen LogP contribution is -2.17. The zero-order valence-corrected chi connectivity index (χ0v) is 15.0. The first-order valence-corrected chi connectivity index (χ1v) is 7.84. The minimum atomic E-state index is -0.362. The Morgan fingerprint density at radius 2 is 1.92 bits per heavy atom. The molecule has 126 valence electrons. The summed E-state index contributed by atoms with van der Waals surface area (Å²) in [4.78, 5) is 24.8. The lowest BCUT2D eigenvalue weighted by Gasteiger charge is -2.07. The van der Waals surface area contributed by atoms with E-state index in [2.05, 4.69) is 31.8 Å². The lowest BCUT2D eigenvalue weighted by atomic mass is 10.2. The molecule has 0 radical (unpaired) electrons. The highest BCUT2D eigenvalue weighted by Crippen LogP contribution is 2.27. The second kappa shape index (κ2) is 7.78. The molecule has 0 fully saturated rings. The number of furan rings is 1. The number of nitrogens with zero attached hydrogens (tertiary/aromatic N) is 2. The SMILES string of the molecule is CC(=O)Nc1ccc(C(=O)N/N=C\c2cc(Br)c(N(C)C)o2)cc1. The average Bonchev–Trinajstić information content (AvgIpc) is 2.88. The molecule has 0 aliphatic carbocycles. The fourth-order valence-corrected chi connectivity index (χ4v) is 2.53. The molecule has 0 aliphatic rings. The number of carbonyl (C=O) groups excluding carboxylic acids is 2. The molecule has 1 heterocycles. The summed E-state index contributed by atoms with van der Waals surface area (Å²) >= 11 is 3.38. The van der Waals surface area contributed by atoms with Crippen LogP contribution in [0, 0.1) is 0 Å². The highest BCUT2D eigenvalue weighted by atomic mass is 79.9. The number of rotatable bonds is 5. The van der Waals surface area contributed by atoms with Crippen LogP contribution in [0.2, 0.25) is 0 Å². The number of hydrazone groups is 1. The maximum absolute atomic E-state index is 12.0. The Kier molecular flexibility index (Phi) is 5.75. The zero-order chi connectivity index (χ0) is 17.7. The van der Waals surface area contributed by atoms with Crippen molar-refractivity contribution in [3.8, 4) is 0 Å². The van der Waals surface area contributed by atoms with Crippen LogP contribution in [0.15, 0.2) is 44.3 Å². The second-order valence-electron chi connectivity index (χ2n) is 5.15. The van der Waals surface area contributed by atoms with Crippen molar-refractivity contribution < 1.29 is 14.0 Å². The van der Waals surface area contributed by atoms with E-state index in [1.165, 1.54) is 13.1 Å². The first kappa shape index (κ1) is 17.7. The Balaban J connectivity index is 1.97. The van der Waals surface area contributed by atoms with Crippen molar-refractivity contribution in [2.75, 3.05) is 24.3 Å². The van der Waals surface area contributed by atoms with Gasteiger partial charge in [0.1, 0.15) is 0 Å². The number of hydrogen-bond donors (Lipinski definition) is 2. The van der Waals surface area contributed by atoms with Crippen LogP contribution in [0.4, 0.5) is 11.6 Å². The number of anilines is 2. The molecule has 0 spiro atoms. The molecule has 2 amide bonds.